The number of likely N-dealkylation sites (tertiary alicyclic amines) is 1. The van der Waals surface area contributed by atoms with Crippen molar-refractivity contribution in [2.24, 2.45) is 5.92 Å². The van der Waals surface area contributed by atoms with Gasteiger partial charge in [-0.15, -0.1) is 0 Å². The van der Waals surface area contributed by atoms with Crippen molar-refractivity contribution in [3.05, 3.63) is 47.5 Å². The second-order valence-corrected chi connectivity index (χ2v) is 7.23. The average Bonchev–Trinajstić information content (AvgIpc) is 3.27. The van der Waals surface area contributed by atoms with E-state index in [0.29, 0.717) is 24.8 Å². The molecular weight excluding hydrogens is 342 g/mol. The van der Waals surface area contributed by atoms with E-state index in [1.165, 1.54) is 0 Å². The number of aromatic nitrogens is 4. The summed E-state index contributed by atoms with van der Waals surface area (Å²) in [5.74, 6) is 1.34. The molecule has 1 unspecified atom stereocenters. The van der Waals surface area contributed by atoms with E-state index in [-0.39, 0.29) is 5.91 Å². The zero-order valence-corrected chi connectivity index (χ0v) is 15.8. The topological polar surface area (TPSA) is 76.0 Å². The normalized spacial score (nSPS) is 17.6. The monoisotopic (exact) mass is 367 g/mol. The zero-order chi connectivity index (χ0) is 18.8. The predicted octanol–water partition coefficient (Wildman–Crippen LogP) is 2.61. The summed E-state index contributed by atoms with van der Waals surface area (Å²) in [7, 11) is 1.71. The molecule has 1 aliphatic rings. The van der Waals surface area contributed by atoms with Crippen LogP contribution in [0.2, 0.25) is 0 Å². The van der Waals surface area contributed by atoms with Crippen molar-refractivity contribution >= 4 is 16.9 Å². The van der Waals surface area contributed by atoms with Gasteiger partial charge in [-0.2, -0.15) is 5.10 Å². The fraction of sp³-hybridized carbons (Fsp3) is 0.450. The molecule has 0 spiro atoms. The first-order chi connectivity index (χ1) is 13.2. The molecule has 1 aromatic carbocycles. The summed E-state index contributed by atoms with van der Waals surface area (Å²) in [5.41, 5.74) is 3.43. The highest BCUT2D eigenvalue weighted by Crippen LogP contribution is 2.20. The van der Waals surface area contributed by atoms with Crippen LogP contribution in [0.3, 0.4) is 0 Å². The average molecular weight is 367 g/mol. The highest BCUT2D eigenvalue weighted by molar-refractivity contribution is 5.92. The number of nitrogens with one attached hydrogen (secondary N) is 1. The number of carbonyl (C=O) groups excluding carboxylic acids is 1. The summed E-state index contributed by atoms with van der Waals surface area (Å²) in [6.07, 6.45) is 2.12. The third-order valence-electron chi connectivity index (χ3n) is 5.23. The number of benzene rings is 1. The number of rotatable bonds is 5. The van der Waals surface area contributed by atoms with Gasteiger partial charge in [0.15, 0.2) is 0 Å². The molecule has 7 heteroatoms. The van der Waals surface area contributed by atoms with E-state index in [2.05, 4.69) is 25.8 Å². The number of hydrogen-bond donors (Lipinski definition) is 1. The van der Waals surface area contributed by atoms with Gasteiger partial charge in [-0.25, -0.2) is 4.98 Å². The van der Waals surface area contributed by atoms with Gasteiger partial charge >= 0.3 is 0 Å². The number of piperidine rings is 1. The lowest BCUT2D eigenvalue weighted by molar-refractivity contribution is 0.0565. The van der Waals surface area contributed by atoms with Crippen molar-refractivity contribution in [3.63, 3.8) is 0 Å². The Bertz CT molecular complexity index is 943. The van der Waals surface area contributed by atoms with E-state index >= 15 is 0 Å². The second kappa shape index (κ2) is 7.52. The first-order valence-corrected chi connectivity index (χ1v) is 9.40. The standard InChI is InChI=1S/C20H25N5O2/c1-14-21-17-7-3-4-8-19(17)25(14)12-16-10-18(23-22-16)20(26)24-9-5-6-15(11-24)13-27-2/h3-4,7-8,10,15H,5-6,9,11-13H2,1-2H3,(H,22,23). The number of ether oxygens (including phenoxy) is 1. The highest BCUT2D eigenvalue weighted by Gasteiger charge is 2.26. The molecule has 7 nitrogen and oxygen atoms in total. The van der Waals surface area contributed by atoms with Crippen LogP contribution in [0.15, 0.2) is 30.3 Å². The first-order valence-electron chi connectivity index (χ1n) is 9.40. The van der Waals surface area contributed by atoms with Crippen molar-refractivity contribution in [3.8, 4) is 0 Å². The maximum atomic E-state index is 12.8. The van der Waals surface area contributed by atoms with E-state index in [4.69, 9.17) is 4.74 Å². The number of hydrogen-bond acceptors (Lipinski definition) is 4. The van der Waals surface area contributed by atoms with Crippen LogP contribution in [0, 0.1) is 12.8 Å². The maximum Gasteiger partial charge on any atom is 0.274 e. The van der Waals surface area contributed by atoms with Gasteiger partial charge in [-0.05, 0) is 43.9 Å². The Labute approximate surface area is 158 Å². The van der Waals surface area contributed by atoms with Crippen molar-refractivity contribution < 1.29 is 9.53 Å². The molecule has 1 saturated heterocycles. The molecule has 1 N–H and O–H groups in total. The molecule has 0 bridgehead atoms. The molecule has 3 aromatic rings. The van der Waals surface area contributed by atoms with Crippen LogP contribution >= 0.6 is 0 Å². The van der Waals surface area contributed by atoms with Crippen molar-refractivity contribution in [1.29, 1.82) is 0 Å². The molecule has 1 fully saturated rings. The zero-order valence-electron chi connectivity index (χ0n) is 15.8. The van der Waals surface area contributed by atoms with Crippen LogP contribution in [0.4, 0.5) is 0 Å². The number of aromatic amines is 1. The van der Waals surface area contributed by atoms with Crippen LogP contribution in [0.5, 0.6) is 0 Å². The first kappa shape index (κ1) is 17.7. The van der Waals surface area contributed by atoms with Crippen LogP contribution < -0.4 is 0 Å². The molecule has 2 aromatic heterocycles. The number of aryl methyl sites for hydroxylation is 1. The Morgan fingerprint density at radius 2 is 2.22 bits per heavy atom. The minimum atomic E-state index is -0.00878. The lowest BCUT2D eigenvalue weighted by Gasteiger charge is -2.31. The SMILES string of the molecule is COCC1CCCN(C(=O)c2cc(Cn3c(C)nc4ccccc43)[nH]n2)C1. The van der Waals surface area contributed by atoms with Gasteiger partial charge in [-0.1, -0.05) is 12.1 Å². The van der Waals surface area contributed by atoms with Gasteiger partial charge in [0.25, 0.3) is 5.91 Å². The van der Waals surface area contributed by atoms with Gasteiger partial charge in [0.2, 0.25) is 0 Å². The lowest BCUT2D eigenvalue weighted by Crippen LogP contribution is -2.41. The number of imidazole rings is 1. The van der Waals surface area contributed by atoms with E-state index in [0.717, 1.165) is 48.5 Å². The second-order valence-electron chi connectivity index (χ2n) is 7.23. The van der Waals surface area contributed by atoms with Gasteiger partial charge in [0.1, 0.15) is 11.5 Å². The Hall–Kier alpha value is -2.67. The predicted molar refractivity (Wildman–Crippen MR) is 103 cm³/mol. The number of para-hydroxylation sites is 2. The molecule has 4 rings (SSSR count). The highest BCUT2D eigenvalue weighted by atomic mass is 16.5. The molecule has 1 aliphatic heterocycles. The molecule has 1 amide bonds. The van der Waals surface area contributed by atoms with E-state index < -0.39 is 0 Å². The van der Waals surface area contributed by atoms with Crippen LogP contribution in [0.25, 0.3) is 11.0 Å². The molecule has 0 saturated carbocycles. The Morgan fingerprint density at radius 3 is 3.07 bits per heavy atom. The number of methoxy groups -OCH3 is 1. The number of nitrogens with zero attached hydrogens (tertiary/aromatic N) is 4. The van der Waals surface area contributed by atoms with Crippen molar-refractivity contribution in [1.82, 2.24) is 24.6 Å². The largest absolute Gasteiger partial charge is 0.384 e. The van der Waals surface area contributed by atoms with Gasteiger partial charge in [0.05, 0.1) is 29.9 Å². The fourth-order valence-corrected chi connectivity index (χ4v) is 3.90. The van der Waals surface area contributed by atoms with Crippen molar-refractivity contribution in [2.75, 3.05) is 26.8 Å². The minimum absolute atomic E-state index is 0.00878. The quantitative estimate of drug-likeness (QED) is 0.752. The summed E-state index contributed by atoms with van der Waals surface area (Å²) in [5, 5.41) is 7.29. The Balaban J connectivity index is 1.50. The number of fused-ring (bicyclic) bond motifs is 1. The fourth-order valence-electron chi connectivity index (χ4n) is 3.90. The summed E-state index contributed by atoms with van der Waals surface area (Å²) in [4.78, 5) is 19.3. The van der Waals surface area contributed by atoms with E-state index in [1.54, 1.807) is 7.11 Å². The van der Waals surface area contributed by atoms with Gasteiger partial charge < -0.3 is 14.2 Å². The minimum Gasteiger partial charge on any atom is -0.384 e. The van der Waals surface area contributed by atoms with E-state index in [9.17, 15) is 4.79 Å². The third-order valence-corrected chi connectivity index (χ3v) is 5.23. The maximum absolute atomic E-state index is 12.8. The molecule has 142 valence electrons. The third kappa shape index (κ3) is 3.60. The molecule has 3 heterocycles. The molecule has 0 radical (unpaired) electrons. The summed E-state index contributed by atoms with van der Waals surface area (Å²) < 4.78 is 7.39. The number of carbonyl (C=O) groups is 1. The molecule has 27 heavy (non-hydrogen) atoms. The lowest BCUT2D eigenvalue weighted by atomic mass is 9.99. The summed E-state index contributed by atoms with van der Waals surface area (Å²) in [6, 6.07) is 9.92. The van der Waals surface area contributed by atoms with E-state index in [1.807, 2.05) is 36.1 Å². The Morgan fingerprint density at radius 1 is 1.37 bits per heavy atom. The molecule has 1 atom stereocenters. The van der Waals surface area contributed by atoms with Gasteiger partial charge in [-0.3, -0.25) is 9.89 Å². The van der Waals surface area contributed by atoms with Crippen molar-refractivity contribution in [2.45, 2.75) is 26.3 Å². The number of H-pyrrole nitrogens is 1. The number of amides is 1. The van der Waals surface area contributed by atoms with Crippen LogP contribution in [0.1, 0.15) is 34.8 Å². The van der Waals surface area contributed by atoms with Gasteiger partial charge in [0, 0.05) is 20.2 Å². The summed E-state index contributed by atoms with van der Waals surface area (Å²) in [6.45, 7) is 4.82. The van der Waals surface area contributed by atoms with Crippen LogP contribution in [-0.2, 0) is 11.3 Å². The Kier molecular flexibility index (Phi) is 4.94. The molecular formula is C20H25N5O2. The smallest absolute Gasteiger partial charge is 0.274 e. The summed E-state index contributed by atoms with van der Waals surface area (Å²) >= 11 is 0. The molecule has 0 aliphatic carbocycles. The van der Waals surface area contributed by atoms with Crippen LogP contribution in [-0.4, -0.2) is 57.4 Å².